The highest BCUT2D eigenvalue weighted by atomic mass is 16.2. The van der Waals surface area contributed by atoms with E-state index in [-0.39, 0.29) is 29.6 Å². The number of benzene rings is 3. The molecule has 0 saturated heterocycles. The van der Waals surface area contributed by atoms with Gasteiger partial charge in [-0.2, -0.15) is 5.11 Å². The zero-order valence-electron chi connectivity index (χ0n) is 25.3. The monoisotopic (exact) mass is 573 g/mol. The number of hydrogen-bond donors (Lipinski definition) is 1. The molecule has 1 N–H and O–H groups in total. The molecule has 0 saturated carbocycles. The lowest BCUT2D eigenvalue weighted by atomic mass is 9.86. The van der Waals surface area contributed by atoms with E-state index in [0.717, 1.165) is 36.9 Å². The fraction of sp³-hybridized carbons (Fsp3) is 0.306. The van der Waals surface area contributed by atoms with Gasteiger partial charge in [-0.3, -0.25) is 9.69 Å². The largest absolute Gasteiger partial charge is 0.363 e. The summed E-state index contributed by atoms with van der Waals surface area (Å²) in [6.45, 7) is 8.71. The van der Waals surface area contributed by atoms with Crippen molar-refractivity contribution in [3.63, 3.8) is 0 Å². The Kier molecular flexibility index (Phi) is 9.10. The lowest BCUT2D eigenvalue weighted by Crippen LogP contribution is -2.41. The van der Waals surface area contributed by atoms with Crippen molar-refractivity contribution in [1.29, 1.82) is 0 Å². The molecule has 4 aromatic rings. The Morgan fingerprint density at radius 2 is 1.58 bits per heavy atom. The van der Waals surface area contributed by atoms with Crippen molar-refractivity contribution in [2.75, 3.05) is 5.32 Å². The number of rotatable bonds is 10. The Morgan fingerprint density at radius 3 is 2.28 bits per heavy atom. The summed E-state index contributed by atoms with van der Waals surface area (Å²) >= 11 is 0. The molecule has 2 atom stereocenters. The normalized spacial score (nSPS) is 15.5. The first-order chi connectivity index (χ1) is 20.7. The number of nitrogens with one attached hydrogen (secondary N) is 1. The summed E-state index contributed by atoms with van der Waals surface area (Å²) in [5.74, 6) is 0.322. The first-order valence-corrected chi connectivity index (χ1v) is 14.9. The number of anilines is 1. The second kappa shape index (κ2) is 13.1. The summed E-state index contributed by atoms with van der Waals surface area (Å²) in [5, 5.41) is 11.1. The van der Waals surface area contributed by atoms with Gasteiger partial charge in [-0.25, -0.2) is 9.78 Å². The number of carbonyl (C=O) groups excluding carboxylic acids is 2. The smallest absolute Gasteiger partial charge is 0.307 e. The van der Waals surface area contributed by atoms with E-state index in [4.69, 9.17) is 0 Å². The Balaban J connectivity index is 1.14. The molecule has 43 heavy (non-hydrogen) atoms. The van der Waals surface area contributed by atoms with Crippen LogP contribution < -0.4 is 5.32 Å². The van der Waals surface area contributed by atoms with Crippen LogP contribution in [0.1, 0.15) is 67.6 Å². The van der Waals surface area contributed by atoms with E-state index in [2.05, 4.69) is 96.8 Å². The Morgan fingerprint density at radius 1 is 0.884 bits per heavy atom. The first-order valence-electron chi connectivity index (χ1n) is 14.9. The van der Waals surface area contributed by atoms with Crippen LogP contribution in [0.15, 0.2) is 107 Å². The van der Waals surface area contributed by atoms with Crippen LogP contribution >= 0.6 is 0 Å². The highest BCUT2D eigenvalue weighted by Crippen LogP contribution is 2.26. The van der Waals surface area contributed by atoms with E-state index in [1.54, 1.807) is 18.2 Å². The molecule has 220 valence electrons. The fourth-order valence-corrected chi connectivity index (χ4v) is 5.38. The molecule has 0 radical (unpaired) electrons. The lowest BCUT2D eigenvalue weighted by molar-refractivity contribution is 0.102. The average Bonchev–Trinajstić information content (AvgIpc) is 3.38. The van der Waals surface area contributed by atoms with Gasteiger partial charge in [-0.05, 0) is 79.0 Å². The van der Waals surface area contributed by atoms with E-state index in [1.165, 1.54) is 16.7 Å². The Hall–Kier alpha value is -4.65. The summed E-state index contributed by atoms with van der Waals surface area (Å²) < 4.78 is 0. The van der Waals surface area contributed by atoms with Gasteiger partial charge in [-0.15, -0.1) is 0 Å². The van der Waals surface area contributed by atoms with Crippen LogP contribution in [0.25, 0.3) is 11.3 Å². The highest BCUT2D eigenvalue weighted by Gasteiger charge is 2.33. The first kappa shape index (κ1) is 29.8. The van der Waals surface area contributed by atoms with Crippen molar-refractivity contribution in [2.24, 2.45) is 10.2 Å². The van der Waals surface area contributed by atoms with Crippen molar-refractivity contribution in [1.82, 2.24) is 9.88 Å². The van der Waals surface area contributed by atoms with Crippen LogP contribution in [0, 0.1) is 0 Å². The van der Waals surface area contributed by atoms with Gasteiger partial charge in [0.2, 0.25) is 0 Å². The van der Waals surface area contributed by atoms with Gasteiger partial charge in [0, 0.05) is 17.2 Å². The third-order valence-corrected chi connectivity index (χ3v) is 7.85. The number of pyridine rings is 1. The molecular weight excluding hydrogens is 534 g/mol. The predicted octanol–water partition coefficient (Wildman–Crippen LogP) is 8.47. The van der Waals surface area contributed by atoms with E-state index in [1.807, 2.05) is 35.2 Å². The zero-order chi connectivity index (χ0) is 30.4. The van der Waals surface area contributed by atoms with Crippen LogP contribution in [0.5, 0.6) is 0 Å². The summed E-state index contributed by atoms with van der Waals surface area (Å²) in [5.41, 5.74) is 6.18. The van der Waals surface area contributed by atoms with Gasteiger partial charge in [0.25, 0.3) is 5.91 Å². The van der Waals surface area contributed by atoms with E-state index >= 15 is 0 Å². The maximum absolute atomic E-state index is 12.6. The number of carbonyl (C=O) groups is 2. The quantitative estimate of drug-likeness (QED) is 0.206. The van der Waals surface area contributed by atoms with Gasteiger partial charge in [0.15, 0.2) is 0 Å². The van der Waals surface area contributed by atoms with Crippen LogP contribution in [0.3, 0.4) is 0 Å². The molecule has 0 fully saturated rings. The number of amides is 3. The van der Waals surface area contributed by atoms with Crippen LogP contribution in [0.2, 0.25) is 0 Å². The zero-order valence-corrected chi connectivity index (χ0v) is 25.3. The van der Waals surface area contributed by atoms with Crippen molar-refractivity contribution in [2.45, 2.75) is 71.0 Å². The van der Waals surface area contributed by atoms with E-state index in [9.17, 15) is 9.59 Å². The van der Waals surface area contributed by atoms with Crippen LogP contribution in [-0.2, 0) is 18.3 Å². The Bertz CT molecular complexity index is 1570. The number of azo groups is 1. The minimum atomic E-state index is -0.247. The van der Waals surface area contributed by atoms with Crippen LogP contribution in [0.4, 0.5) is 10.6 Å². The van der Waals surface area contributed by atoms with Crippen molar-refractivity contribution < 1.29 is 9.59 Å². The standard InChI is InChI=1S/C36H39N5O2/c1-25(24-27-18-22-30(23-19-27)36(2,3)4)41-33(39-40-35(41)43)15-8-10-26-16-20-28(21-17-26)31-13-9-14-32(37-31)38-34(42)29-11-6-5-7-12-29/h5-7,9,11-14,16-23,25,33H,8,10,15,24H2,1-4H3,(H,37,38,42). The van der Waals surface area contributed by atoms with Gasteiger partial charge in [0.05, 0.1) is 5.69 Å². The van der Waals surface area contributed by atoms with Gasteiger partial charge in [-0.1, -0.05) is 98.7 Å². The maximum atomic E-state index is 12.6. The molecule has 1 aliphatic rings. The summed E-state index contributed by atoms with van der Waals surface area (Å²) in [6.07, 6.45) is 3.06. The second-order valence-corrected chi connectivity index (χ2v) is 12.2. The summed E-state index contributed by atoms with van der Waals surface area (Å²) in [7, 11) is 0. The van der Waals surface area contributed by atoms with Crippen molar-refractivity contribution in [3.8, 4) is 11.3 Å². The molecule has 0 aliphatic carbocycles. The Labute approximate surface area is 254 Å². The molecule has 7 heteroatoms. The number of urea groups is 1. The molecule has 1 aromatic heterocycles. The van der Waals surface area contributed by atoms with Crippen molar-refractivity contribution >= 4 is 17.8 Å². The number of hydrogen-bond acceptors (Lipinski definition) is 4. The molecule has 3 amide bonds. The molecule has 5 rings (SSSR count). The van der Waals surface area contributed by atoms with Gasteiger partial charge in [0.1, 0.15) is 12.0 Å². The minimum absolute atomic E-state index is 0.00742. The second-order valence-electron chi connectivity index (χ2n) is 12.2. The topological polar surface area (TPSA) is 87.0 Å². The number of aryl methyl sites for hydroxylation is 1. The predicted molar refractivity (Wildman–Crippen MR) is 171 cm³/mol. The SMILES string of the molecule is CC(Cc1ccc(C(C)(C)C)cc1)N1C(=O)N=NC1CCCc1ccc(-c2cccc(NC(=O)c3ccccc3)n2)cc1. The van der Waals surface area contributed by atoms with Gasteiger partial charge >= 0.3 is 6.03 Å². The third-order valence-electron chi connectivity index (χ3n) is 7.85. The molecule has 1 aliphatic heterocycles. The van der Waals surface area contributed by atoms with Crippen molar-refractivity contribution in [3.05, 3.63) is 119 Å². The van der Waals surface area contributed by atoms with Crippen LogP contribution in [-0.4, -0.2) is 34.0 Å². The molecule has 2 heterocycles. The third kappa shape index (κ3) is 7.60. The molecule has 0 spiro atoms. The molecule has 0 bridgehead atoms. The summed E-state index contributed by atoms with van der Waals surface area (Å²) in [6, 6.07) is 31.5. The van der Waals surface area contributed by atoms with E-state index in [0.29, 0.717) is 11.4 Å². The number of nitrogens with zero attached hydrogens (tertiary/aromatic N) is 4. The highest BCUT2D eigenvalue weighted by molar-refractivity contribution is 6.03. The molecule has 7 nitrogen and oxygen atoms in total. The molecule has 2 unspecified atom stereocenters. The maximum Gasteiger partial charge on any atom is 0.363 e. The molecule has 3 aromatic carbocycles. The number of aromatic nitrogens is 1. The minimum Gasteiger partial charge on any atom is -0.307 e. The van der Waals surface area contributed by atoms with E-state index < -0.39 is 0 Å². The fourth-order valence-electron chi connectivity index (χ4n) is 5.38. The van der Waals surface area contributed by atoms with Gasteiger partial charge < -0.3 is 5.32 Å². The lowest BCUT2D eigenvalue weighted by Gasteiger charge is -2.28. The summed E-state index contributed by atoms with van der Waals surface area (Å²) in [4.78, 5) is 31.6. The average molecular weight is 574 g/mol. The molecular formula is C36H39N5O2.